The number of carbonyl (C=O) groups is 2. The molecule has 1 heterocycles. The van der Waals surface area contributed by atoms with E-state index in [4.69, 9.17) is 11.5 Å². The summed E-state index contributed by atoms with van der Waals surface area (Å²) < 4.78 is 1.40. The third-order valence-corrected chi connectivity index (χ3v) is 4.30. The minimum absolute atomic E-state index is 0. The summed E-state index contributed by atoms with van der Waals surface area (Å²) in [5.74, 6) is -0.929. The van der Waals surface area contributed by atoms with Crippen molar-refractivity contribution in [3.8, 4) is 5.69 Å². The summed E-state index contributed by atoms with van der Waals surface area (Å²) in [7, 11) is 0. The number of carbonyl (C=O) groups excluding carboxylic acids is 2. The van der Waals surface area contributed by atoms with Gasteiger partial charge in [0.15, 0.2) is 5.69 Å². The van der Waals surface area contributed by atoms with E-state index >= 15 is 0 Å². The SMILES string of the molecule is Cl.NC(=O)c1cc(C(=O)NC2CCC(N)CC2)nn1-c1ccccc1. The minimum atomic E-state index is -0.631. The lowest BCUT2D eigenvalue weighted by Crippen LogP contribution is -2.40. The molecule has 0 bridgehead atoms. The van der Waals surface area contributed by atoms with Gasteiger partial charge in [0.05, 0.1) is 5.69 Å². The highest BCUT2D eigenvalue weighted by Gasteiger charge is 2.23. The van der Waals surface area contributed by atoms with Crippen molar-refractivity contribution in [2.45, 2.75) is 37.8 Å². The van der Waals surface area contributed by atoms with Gasteiger partial charge in [-0.05, 0) is 37.8 Å². The fourth-order valence-electron chi connectivity index (χ4n) is 2.96. The molecule has 0 atom stereocenters. The number of nitrogens with two attached hydrogens (primary N) is 2. The summed E-state index contributed by atoms with van der Waals surface area (Å²) in [5.41, 5.74) is 12.3. The van der Waals surface area contributed by atoms with E-state index in [1.807, 2.05) is 18.2 Å². The number of hydrogen-bond acceptors (Lipinski definition) is 4. The van der Waals surface area contributed by atoms with Crippen LogP contribution in [0.5, 0.6) is 0 Å². The van der Waals surface area contributed by atoms with Crippen molar-refractivity contribution in [1.82, 2.24) is 15.1 Å². The third-order valence-electron chi connectivity index (χ3n) is 4.30. The zero-order valence-corrected chi connectivity index (χ0v) is 14.5. The first kappa shape index (κ1) is 19.0. The molecule has 2 aromatic rings. The van der Waals surface area contributed by atoms with Gasteiger partial charge in [-0.15, -0.1) is 12.4 Å². The Balaban J connectivity index is 0.00000225. The number of para-hydroxylation sites is 1. The molecule has 1 aromatic heterocycles. The monoisotopic (exact) mass is 363 g/mol. The normalized spacial score (nSPS) is 19.7. The van der Waals surface area contributed by atoms with Crippen LogP contribution in [0.2, 0.25) is 0 Å². The molecule has 3 rings (SSSR count). The average molecular weight is 364 g/mol. The largest absolute Gasteiger partial charge is 0.364 e. The first-order valence-corrected chi connectivity index (χ1v) is 8.06. The molecule has 0 radical (unpaired) electrons. The van der Waals surface area contributed by atoms with Crippen LogP contribution in [0, 0.1) is 0 Å². The maximum atomic E-state index is 12.4. The van der Waals surface area contributed by atoms with E-state index in [1.54, 1.807) is 12.1 Å². The Hall–Kier alpha value is -2.38. The molecule has 7 nitrogen and oxygen atoms in total. The smallest absolute Gasteiger partial charge is 0.272 e. The molecular formula is C17H22ClN5O2. The van der Waals surface area contributed by atoms with Crippen LogP contribution in [0.3, 0.4) is 0 Å². The second-order valence-corrected chi connectivity index (χ2v) is 6.11. The minimum Gasteiger partial charge on any atom is -0.364 e. The van der Waals surface area contributed by atoms with Crippen molar-refractivity contribution in [3.05, 3.63) is 47.8 Å². The van der Waals surface area contributed by atoms with Crippen LogP contribution in [0.25, 0.3) is 5.69 Å². The molecule has 0 spiro atoms. The van der Waals surface area contributed by atoms with Crippen molar-refractivity contribution < 1.29 is 9.59 Å². The van der Waals surface area contributed by atoms with E-state index in [1.165, 1.54) is 10.7 Å². The molecule has 1 aliphatic rings. The maximum absolute atomic E-state index is 12.4. The van der Waals surface area contributed by atoms with Crippen LogP contribution in [0.1, 0.15) is 46.7 Å². The van der Waals surface area contributed by atoms with Crippen LogP contribution >= 0.6 is 12.4 Å². The van der Waals surface area contributed by atoms with E-state index in [-0.39, 0.29) is 41.8 Å². The van der Waals surface area contributed by atoms with E-state index in [0.29, 0.717) is 5.69 Å². The second-order valence-electron chi connectivity index (χ2n) is 6.11. The van der Waals surface area contributed by atoms with Crippen molar-refractivity contribution in [1.29, 1.82) is 0 Å². The Bertz CT molecular complexity index is 739. The predicted molar refractivity (Wildman–Crippen MR) is 97.0 cm³/mol. The highest BCUT2D eigenvalue weighted by atomic mass is 35.5. The van der Waals surface area contributed by atoms with Gasteiger partial charge in [0, 0.05) is 18.2 Å². The van der Waals surface area contributed by atoms with E-state index in [2.05, 4.69) is 10.4 Å². The third kappa shape index (κ3) is 4.37. The summed E-state index contributed by atoms with van der Waals surface area (Å²) in [5, 5.41) is 7.23. The summed E-state index contributed by atoms with van der Waals surface area (Å²) >= 11 is 0. The number of nitrogens with zero attached hydrogens (tertiary/aromatic N) is 2. The van der Waals surface area contributed by atoms with Crippen LogP contribution in [0.15, 0.2) is 36.4 Å². The van der Waals surface area contributed by atoms with E-state index in [0.717, 1.165) is 25.7 Å². The topological polar surface area (TPSA) is 116 Å². The van der Waals surface area contributed by atoms with Gasteiger partial charge in [-0.3, -0.25) is 9.59 Å². The Kier molecular flexibility index (Phi) is 6.17. The molecule has 1 aromatic carbocycles. The van der Waals surface area contributed by atoms with Crippen LogP contribution in [-0.2, 0) is 0 Å². The number of nitrogens with one attached hydrogen (secondary N) is 1. The lowest BCUT2D eigenvalue weighted by atomic mass is 9.92. The molecule has 1 saturated carbocycles. The fraction of sp³-hybridized carbons (Fsp3) is 0.353. The summed E-state index contributed by atoms with van der Waals surface area (Å²) in [4.78, 5) is 24.1. The van der Waals surface area contributed by atoms with Gasteiger partial charge in [-0.1, -0.05) is 18.2 Å². The Morgan fingerprint density at radius 1 is 1.12 bits per heavy atom. The van der Waals surface area contributed by atoms with Crippen LogP contribution in [-0.4, -0.2) is 33.7 Å². The molecule has 1 fully saturated rings. The summed E-state index contributed by atoms with van der Waals surface area (Å²) in [6.07, 6.45) is 3.51. The Morgan fingerprint density at radius 3 is 2.36 bits per heavy atom. The van der Waals surface area contributed by atoms with Crippen molar-refractivity contribution >= 4 is 24.2 Å². The molecule has 134 valence electrons. The van der Waals surface area contributed by atoms with Gasteiger partial charge in [0.1, 0.15) is 5.69 Å². The predicted octanol–water partition coefficient (Wildman–Crippen LogP) is 1.39. The zero-order valence-electron chi connectivity index (χ0n) is 13.7. The fourth-order valence-corrected chi connectivity index (χ4v) is 2.96. The van der Waals surface area contributed by atoms with Crippen molar-refractivity contribution in [2.24, 2.45) is 11.5 Å². The van der Waals surface area contributed by atoms with Gasteiger partial charge in [0.25, 0.3) is 11.8 Å². The number of primary amides is 1. The average Bonchev–Trinajstić information content (AvgIpc) is 3.03. The van der Waals surface area contributed by atoms with Crippen LogP contribution in [0.4, 0.5) is 0 Å². The van der Waals surface area contributed by atoms with Crippen molar-refractivity contribution in [2.75, 3.05) is 0 Å². The number of halogens is 1. The zero-order chi connectivity index (χ0) is 17.1. The standard InChI is InChI=1S/C17H21N5O2.ClH/c18-11-6-8-12(9-7-11)20-17(24)14-10-15(16(19)23)22(21-14)13-4-2-1-3-5-13;/h1-5,10-12H,6-9,18H2,(H2,19,23)(H,20,24);1H. The molecule has 0 aliphatic heterocycles. The molecule has 0 saturated heterocycles. The molecule has 8 heteroatoms. The van der Waals surface area contributed by atoms with Gasteiger partial charge in [-0.25, -0.2) is 4.68 Å². The number of rotatable bonds is 4. The first-order valence-electron chi connectivity index (χ1n) is 8.06. The lowest BCUT2D eigenvalue weighted by molar-refractivity contribution is 0.0919. The first-order chi connectivity index (χ1) is 11.5. The second kappa shape index (κ2) is 8.13. The summed E-state index contributed by atoms with van der Waals surface area (Å²) in [6.45, 7) is 0. The molecule has 25 heavy (non-hydrogen) atoms. The number of hydrogen-bond donors (Lipinski definition) is 3. The van der Waals surface area contributed by atoms with Gasteiger partial charge < -0.3 is 16.8 Å². The lowest BCUT2D eigenvalue weighted by Gasteiger charge is -2.26. The highest BCUT2D eigenvalue weighted by Crippen LogP contribution is 2.18. The van der Waals surface area contributed by atoms with Gasteiger partial charge >= 0.3 is 0 Å². The van der Waals surface area contributed by atoms with E-state index in [9.17, 15) is 9.59 Å². The molecule has 2 amide bonds. The Morgan fingerprint density at radius 2 is 1.76 bits per heavy atom. The number of benzene rings is 1. The highest BCUT2D eigenvalue weighted by molar-refractivity contribution is 5.97. The van der Waals surface area contributed by atoms with Crippen LogP contribution < -0.4 is 16.8 Å². The molecule has 1 aliphatic carbocycles. The maximum Gasteiger partial charge on any atom is 0.272 e. The number of amides is 2. The Labute approximate surface area is 152 Å². The summed E-state index contributed by atoms with van der Waals surface area (Å²) in [6, 6.07) is 10.8. The van der Waals surface area contributed by atoms with Crippen molar-refractivity contribution in [3.63, 3.8) is 0 Å². The number of aromatic nitrogens is 2. The van der Waals surface area contributed by atoms with Gasteiger partial charge in [0.2, 0.25) is 0 Å². The molecule has 0 unspecified atom stereocenters. The van der Waals surface area contributed by atoms with Gasteiger partial charge in [-0.2, -0.15) is 5.10 Å². The molecule has 5 N–H and O–H groups in total. The van der Waals surface area contributed by atoms with E-state index < -0.39 is 5.91 Å². The quantitative estimate of drug-likeness (QED) is 0.761. The molecular weight excluding hydrogens is 342 g/mol.